The summed E-state index contributed by atoms with van der Waals surface area (Å²) < 4.78 is 137. The van der Waals surface area contributed by atoms with Gasteiger partial charge in [-0.05, 0) is 112 Å². The van der Waals surface area contributed by atoms with Crippen LogP contribution in [0.1, 0.15) is 38.8 Å². The van der Waals surface area contributed by atoms with Gasteiger partial charge in [0.05, 0.1) is 34.2 Å². The van der Waals surface area contributed by atoms with E-state index < -0.39 is 84.5 Å². The molecule has 2 heterocycles. The predicted molar refractivity (Wildman–Crippen MR) is 284 cm³/mol. The third-order valence-electron chi connectivity index (χ3n) is 10.1. The van der Waals surface area contributed by atoms with Gasteiger partial charge in [0.25, 0.3) is 40.5 Å². The van der Waals surface area contributed by atoms with E-state index in [1.807, 2.05) is 0 Å². The molecule has 33 heteroatoms. The van der Waals surface area contributed by atoms with Gasteiger partial charge < -0.3 is 51.5 Å². The van der Waals surface area contributed by atoms with Gasteiger partial charge in [0.2, 0.25) is 35.7 Å². The molecule has 0 saturated heterocycles. The van der Waals surface area contributed by atoms with Crippen molar-refractivity contribution in [3.63, 3.8) is 0 Å². The van der Waals surface area contributed by atoms with Crippen molar-refractivity contribution >= 4 is 141 Å². The van der Waals surface area contributed by atoms with Crippen molar-refractivity contribution in [3.05, 3.63) is 96.1 Å². The van der Waals surface area contributed by atoms with Gasteiger partial charge in [-0.15, -0.1) is 0 Å². The van der Waals surface area contributed by atoms with Crippen molar-refractivity contribution in [1.29, 1.82) is 0 Å². The first kappa shape index (κ1) is 61.8. The maximum Gasteiger partial charge on any atom is 0.295 e. The fourth-order valence-electron chi connectivity index (χ4n) is 7.05. The quantitative estimate of drug-likeness (QED) is 0.0235. The Hall–Kier alpha value is -6.08. The Morgan fingerprint density at radius 1 is 0.416 bits per heavy atom. The Balaban J connectivity index is 0.0000109. The first-order chi connectivity index (χ1) is 35.4. The molecule has 0 fully saturated rings. The van der Waals surface area contributed by atoms with E-state index in [2.05, 4.69) is 51.2 Å². The average molecular weight is 1160 g/mol. The minimum atomic E-state index is -5.05. The van der Waals surface area contributed by atoms with E-state index in [1.54, 1.807) is 0 Å². The van der Waals surface area contributed by atoms with Crippen LogP contribution in [0.25, 0.3) is 12.2 Å². The van der Waals surface area contributed by atoms with E-state index in [0.29, 0.717) is 0 Å². The zero-order chi connectivity index (χ0) is 55.9. The van der Waals surface area contributed by atoms with Crippen molar-refractivity contribution in [3.8, 4) is 0 Å². The standard InChI is InChI=1S/C44H52N12O16S4.Na/c1-25(57)21-55(22-26(2)58)43-51-39(45-31-11-15-35(16-12-31)73(61,62)63)49-41(53-43)47-33-9-7-29(37(19-33)75(67,68)69)5-6-30-8-10-34(20-38(30)76(70,71)72)48-42-50-40(46-32-13-17-36(18-14-32)74(64,65)66)52-44(54-42)56(23-27(3)59)24-28(4)60;/h5-20,25-28,57-60H,21-24H2,1-4H3,(H,61,62,63)(H,64,65,66)(H,67,68,69)(H,70,71,72)(H2,45,47,49,51,53)(H2,46,48,50,52,54);. The summed E-state index contributed by atoms with van der Waals surface area (Å²) in [5.41, 5.74) is 0.108. The van der Waals surface area contributed by atoms with Gasteiger partial charge in [0.15, 0.2) is 0 Å². The van der Waals surface area contributed by atoms with E-state index in [4.69, 9.17) is 0 Å². The van der Waals surface area contributed by atoms with Gasteiger partial charge in [-0.25, -0.2) is 0 Å². The summed E-state index contributed by atoms with van der Waals surface area (Å²) in [5, 5.41) is 52.3. The number of nitrogens with one attached hydrogen (secondary N) is 4. The van der Waals surface area contributed by atoms with Gasteiger partial charge in [-0.3, -0.25) is 18.2 Å². The van der Waals surface area contributed by atoms with Crippen LogP contribution >= 0.6 is 0 Å². The molecule has 0 bridgehead atoms. The molecule has 2 aromatic heterocycles. The van der Waals surface area contributed by atoms with Crippen LogP contribution in [0.3, 0.4) is 0 Å². The molecule has 0 saturated carbocycles. The van der Waals surface area contributed by atoms with E-state index in [1.165, 1.54) is 86.0 Å². The van der Waals surface area contributed by atoms with Gasteiger partial charge in [0.1, 0.15) is 9.79 Å². The normalized spacial score (nSPS) is 13.7. The van der Waals surface area contributed by atoms with Crippen molar-refractivity contribution in [2.24, 2.45) is 0 Å². The maximum atomic E-state index is 12.9. The van der Waals surface area contributed by atoms with Crippen molar-refractivity contribution in [2.45, 2.75) is 71.7 Å². The van der Waals surface area contributed by atoms with Crippen LogP contribution in [-0.4, -0.2) is 182 Å². The van der Waals surface area contributed by atoms with Crippen molar-refractivity contribution in [2.75, 3.05) is 57.2 Å². The number of aliphatic hydroxyl groups excluding tert-OH is 4. The molecule has 6 aromatic rings. The number of benzene rings is 4. The average Bonchev–Trinajstić information content (AvgIpc) is 3.29. The largest absolute Gasteiger partial charge is 0.392 e. The van der Waals surface area contributed by atoms with Crippen LogP contribution in [0, 0.1) is 0 Å². The SMILES string of the molecule is CC(O)CN(CC(C)O)c1nc(Nc2ccc(S(=O)(=O)O)cc2)nc(Nc2ccc(C=Cc3ccc(Nc4nc(Nc5ccc(S(=O)(=O)O)cc5)nc(N(CC(C)O)CC(C)O)n4)cc3S(=O)(=O)O)c(S(=O)(=O)O)c2)n1.[Na]. The molecule has 4 unspecified atom stereocenters. The van der Waals surface area contributed by atoms with E-state index in [-0.39, 0.29) is 125 Å². The first-order valence-electron chi connectivity index (χ1n) is 22.3. The Labute approximate surface area is 464 Å². The fourth-order valence-corrected chi connectivity index (χ4v) is 9.43. The molecule has 28 nitrogen and oxygen atoms in total. The fraction of sp³-hybridized carbons (Fsp3) is 0.273. The summed E-state index contributed by atoms with van der Waals surface area (Å²) in [7, 11) is -19.1. The number of rotatable bonds is 24. The Morgan fingerprint density at radius 3 is 0.922 bits per heavy atom. The second-order valence-electron chi connectivity index (χ2n) is 17.1. The predicted octanol–water partition coefficient (Wildman–Crippen LogP) is 2.94. The summed E-state index contributed by atoms with van der Waals surface area (Å²) in [6.45, 7) is 5.67. The van der Waals surface area contributed by atoms with Gasteiger partial charge >= 0.3 is 0 Å². The third kappa shape index (κ3) is 18.3. The number of aliphatic hydroxyl groups is 4. The molecule has 0 aliphatic carbocycles. The van der Waals surface area contributed by atoms with E-state index in [9.17, 15) is 72.3 Å². The Morgan fingerprint density at radius 2 is 0.675 bits per heavy atom. The molecule has 1 radical (unpaired) electrons. The molecule has 0 spiro atoms. The molecule has 4 atom stereocenters. The van der Waals surface area contributed by atoms with Crippen molar-refractivity contribution in [1.82, 2.24) is 29.9 Å². The molecule has 0 aliphatic heterocycles. The smallest absolute Gasteiger partial charge is 0.295 e. The molecule has 4 aromatic carbocycles. The second-order valence-corrected chi connectivity index (χ2v) is 22.7. The van der Waals surface area contributed by atoms with Crippen LogP contribution in [0.4, 0.5) is 58.4 Å². The van der Waals surface area contributed by atoms with Gasteiger partial charge in [-0.1, -0.05) is 24.3 Å². The van der Waals surface area contributed by atoms with E-state index in [0.717, 1.165) is 48.6 Å². The van der Waals surface area contributed by atoms with Crippen LogP contribution in [0.5, 0.6) is 0 Å². The molecule has 77 heavy (non-hydrogen) atoms. The summed E-state index contributed by atoms with van der Waals surface area (Å²) in [6, 6.07) is 16.9. The molecular formula is C44H52N12NaO16S4. The monoisotopic (exact) mass is 1160 g/mol. The Bertz CT molecular complexity index is 3290. The number of aromatic nitrogens is 6. The maximum absolute atomic E-state index is 12.9. The number of nitrogens with zero attached hydrogens (tertiary/aromatic N) is 8. The third-order valence-corrected chi connectivity index (χ3v) is 13.7. The summed E-state index contributed by atoms with van der Waals surface area (Å²) >= 11 is 0. The van der Waals surface area contributed by atoms with Crippen LogP contribution in [0.15, 0.2) is 105 Å². The second kappa shape index (κ2) is 25.6. The summed E-state index contributed by atoms with van der Waals surface area (Å²) in [4.78, 5) is 26.9. The minimum Gasteiger partial charge on any atom is -0.392 e. The van der Waals surface area contributed by atoms with Crippen molar-refractivity contribution < 1.29 is 72.3 Å². The van der Waals surface area contributed by atoms with Crippen LogP contribution in [0.2, 0.25) is 0 Å². The summed E-state index contributed by atoms with van der Waals surface area (Å²) in [5.74, 6) is -0.949. The minimum absolute atomic E-state index is 0. The number of hydrogen-bond donors (Lipinski definition) is 12. The summed E-state index contributed by atoms with van der Waals surface area (Å²) in [6.07, 6.45) is -1.48. The van der Waals surface area contributed by atoms with Crippen LogP contribution < -0.4 is 31.1 Å². The Kier molecular flexibility index (Phi) is 20.5. The van der Waals surface area contributed by atoms with Gasteiger partial charge in [-0.2, -0.15) is 63.6 Å². The van der Waals surface area contributed by atoms with Gasteiger partial charge in [0, 0.05) is 78.5 Å². The number of hydrogen-bond acceptors (Lipinski definition) is 24. The molecule has 0 aliphatic rings. The zero-order valence-corrected chi connectivity index (χ0v) is 46.7. The van der Waals surface area contributed by atoms with E-state index >= 15 is 0 Å². The molecule has 6 rings (SSSR count). The molecule has 12 N–H and O–H groups in total. The molecular weight excluding hydrogens is 1100 g/mol. The van der Waals surface area contributed by atoms with Crippen LogP contribution in [-0.2, 0) is 40.5 Å². The first-order valence-corrected chi connectivity index (χ1v) is 28.0. The zero-order valence-electron chi connectivity index (χ0n) is 41.4. The molecule has 0 amide bonds. The number of anilines is 10. The topological polar surface area (TPSA) is 430 Å². The molecule has 409 valence electrons.